The molecule has 0 aliphatic carbocycles. The monoisotopic (exact) mass is 204 g/mol. The van der Waals surface area contributed by atoms with E-state index in [-0.39, 0.29) is 7.92 Å². The summed E-state index contributed by atoms with van der Waals surface area (Å²) in [5.74, 6) is 0. The summed E-state index contributed by atoms with van der Waals surface area (Å²) in [6.45, 7) is 6.70. The first-order valence-electron chi connectivity index (χ1n) is 5.16. The fraction of sp³-hybridized carbons (Fsp3) is 0.385. The first-order chi connectivity index (χ1) is 6.68. The van der Waals surface area contributed by atoms with Gasteiger partial charge in [-0.2, -0.15) is 0 Å². The molecule has 0 amide bonds. The lowest BCUT2D eigenvalue weighted by Gasteiger charge is -2.17. The molecule has 0 fully saturated rings. The highest BCUT2D eigenvalue weighted by molar-refractivity contribution is 7.66. The summed E-state index contributed by atoms with van der Waals surface area (Å²) in [7, 11) is 0.0946. The molecule has 0 saturated heterocycles. The summed E-state index contributed by atoms with van der Waals surface area (Å²) in [5, 5.41) is 1.65. The van der Waals surface area contributed by atoms with Crippen LogP contribution in [-0.4, -0.2) is 12.3 Å². The van der Waals surface area contributed by atoms with Crippen LogP contribution in [0.2, 0.25) is 0 Å². The average Bonchev–Trinajstić information content (AvgIpc) is 2.54. The van der Waals surface area contributed by atoms with E-state index in [9.17, 15) is 0 Å². The third-order valence-electron chi connectivity index (χ3n) is 2.77. The molecule has 0 N–H and O–H groups in total. The minimum atomic E-state index is 0.0946. The fourth-order valence-electron chi connectivity index (χ4n) is 2.33. The van der Waals surface area contributed by atoms with Crippen molar-refractivity contribution in [3.8, 4) is 0 Å². The zero-order valence-electron chi connectivity index (χ0n) is 9.17. The van der Waals surface area contributed by atoms with Crippen LogP contribution in [0.1, 0.15) is 16.7 Å². The molecule has 1 heteroatoms. The van der Waals surface area contributed by atoms with Gasteiger partial charge in [0.05, 0.1) is 0 Å². The van der Waals surface area contributed by atoms with Gasteiger partial charge in [-0.3, -0.25) is 0 Å². The molecule has 1 aliphatic rings. The maximum absolute atomic E-state index is 2.34. The largest absolute Gasteiger partial charge is 0.0835 e. The number of allylic oxidation sites excluding steroid dienone is 2. The lowest BCUT2D eigenvalue weighted by Crippen LogP contribution is -2.11. The molecular formula is C13H17P. The molecular weight excluding hydrogens is 187 g/mol. The highest BCUT2D eigenvalue weighted by atomic mass is 31.1. The molecule has 0 radical (unpaired) electrons. The van der Waals surface area contributed by atoms with Gasteiger partial charge in [0.25, 0.3) is 0 Å². The van der Waals surface area contributed by atoms with Crippen molar-refractivity contribution in [2.75, 3.05) is 12.3 Å². The molecule has 0 saturated carbocycles. The quantitative estimate of drug-likeness (QED) is 0.486. The SMILES string of the molecule is Cc1cc(C)c(P2CC=CC2)c(C)c1. The van der Waals surface area contributed by atoms with Gasteiger partial charge in [0.2, 0.25) is 0 Å². The summed E-state index contributed by atoms with van der Waals surface area (Å²) in [6, 6.07) is 4.64. The fourth-order valence-corrected chi connectivity index (χ4v) is 4.78. The van der Waals surface area contributed by atoms with E-state index < -0.39 is 0 Å². The normalized spacial score (nSPS) is 16.5. The van der Waals surface area contributed by atoms with Gasteiger partial charge in [0.15, 0.2) is 0 Å². The predicted octanol–water partition coefficient (Wildman–Crippen LogP) is 3.29. The molecule has 74 valence electrons. The van der Waals surface area contributed by atoms with E-state index in [1.54, 1.807) is 5.30 Å². The standard InChI is InChI=1S/C13H17P/c1-10-8-11(2)13(12(3)9-10)14-6-4-5-7-14/h4-5,8-9H,6-7H2,1-3H3. The maximum Gasteiger partial charge on any atom is -0.0101 e. The van der Waals surface area contributed by atoms with Gasteiger partial charge in [-0.25, -0.2) is 0 Å². The Balaban J connectivity index is 2.41. The van der Waals surface area contributed by atoms with Crippen molar-refractivity contribution < 1.29 is 0 Å². The van der Waals surface area contributed by atoms with Crippen molar-refractivity contribution in [2.24, 2.45) is 0 Å². The van der Waals surface area contributed by atoms with Crippen molar-refractivity contribution in [2.45, 2.75) is 20.8 Å². The van der Waals surface area contributed by atoms with E-state index in [1.807, 2.05) is 0 Å². The van der Waals surface area contributed by atoms with Crippen LogP contribution >= 0.6 is 7.92 Å². The second-order valence-corrected chi connectivity index (χ2v) is 6.38. The summed E-state index contributed by atoms with van der Waals surface area (Å²) in [5.41, 5.74) is 4.39. The van der Waals surface area contributed by atoms with Crippen molar-refractivity contribution >= 4 is 13.2 Å². The van der Waals surface area contributed by atoms with Crippen molar-refractivity contribution in [3.05, 3.63) is 41.0 Å². The number of hydrogen-bond donors (Lipinski definition) is 0. The minimum Gasteiger partial charge on any atom is -0.0835 e. The van der Waals surface area contributed by atoms with Gasteiger partial charge in [-0.1, -0.05) is 37.8 Å². The zero-order chi connectivity index (χ0) is 10.1. The van der Waals surface area contributed by atoms with Gasteiger partial charge in [0.1, 0.15) is 0 Å². The molecule has 0 bridgehead atoms. The average molecular weight is 204 g/mol. The van der Waals surface area contributed by atoms with Crippen LogP contribution in [0.15, 0.2) is 24.3 Å². The Morgan fingerprint density at radius 2 is 1.43 bits per heavy atom. The van der Waals surface area contributed by atoms with Gasteiger partial charge in [-0.05, 0) is 49.5 Å². The second-order valence-electron chi connectivity index (χ2n) is 4.12. The van der Waals surface area contributed by atoms with Gasteiger partial charge < -0.3 is 0 Å². The Morgan fingerprint density at radius 3 is 1.93 bits per heavy atom. The van der Waals surface area contributed by atoms with Gasteiger partial charge in [0, 0.05) is 0 Å². The van der Waals surface area contributed by atoms with E-state index >= 15 is 0 Å². The molecule has 2 rings (SSSR count). The highest BCUT2D eigenvalue weighted by Gasteiger charge is 2.16. The summed E-state index contributed by atoms with van der Waals surface area (Å²) < 4.78 is 0. The Bertz CT molecular complexity index is 346. The predicted molar refractivity (Wildman–Crippen MR) is 66.1 cm³/mol. The van der Waals surface area contributed by atoms with Crippen LogP contribution in [0.25, 0.3) is 0 Å². The lowest BCUT2D eigenvalue weighted by atomic mass is 10.1. The Labute approximate surface area is 87.8 Å². The van der Waals surface area contributed by atoms with Crippen molar-refractivity contribution in [1.82, 2.24) is 0 Å². The third-order valence-corrected chi connectivity index (χ3v) is 5.41. The lowest BCUT2D eigenvalue weighted by molar-refractivity contribution is 1.35. The number of hydrogen-bond acceptors (Lipinski definition) is 0. The molecule has 0 unspecified atom stereocenters. The number of aryl methyl sites for hydroxylation is 3. The molecule has 0 aromatic heterocycles. The van der Waals surface area contributed by atoms with Crippen LogP contribution < -0.4 is 5.30 Å². The van der Waals surface area contributed by atoms with Crippen LogP contribution in [0.3, 0.4) is 0 Å². The second kappa shape index (κ2) is 3.87. The van der Waals surface area contributed by atoms with E-state index in [1.165, 1.54) is 29.0 Å². The van der Waals surface area contributed by atoms with Crippen LogP contribution in [0.4, 0.5) is 0 Å². The van der Waals surface area contributed by atoms with Crippen molar-refractivity contribution in [3.63, 3.8) is 0 Å². The van der Waals surface area contributed by atoms with E-state index in [0.717, 1.165) is 0 Å². The summed E-state index contributed by atoms with van der Waals surface area (Å²) >= 11 is 0. The van der Waals surface area contributed by atoms with E-state index in [0.29, 0.717) is 0 Å². The summed E-state index contributed by atoms with van der Waals surface area (Å²) in [6.07, 6.45) is 7.26. The Kier molecular flexibility index (Phi) is 2.74. The minimum absolute atomic E-state index is 0.0946. The first kappa shape index (κ1) is 9.93. The molecule has 0 atom stereocenters. The first-order valence-corrected chi connectivity index (χ1v) is 6.87. The Morgan fingerprint density at radius 1 is 0.929 bits per heavy atom. The third kappa shape index (κ3) is 1.77. The summed E-state index contributed by atoms with van der Waals surface area (Å²) in [4.78, 5) is 0. The topological polar surface area (TPSA) is 0 Å². The smallest absolute Gasteiger partial charge is 0.0101 e. The molecule has 0 spiro atoms. The van der Waals surface area contributed by atoms with Gasteiger partial charge >= 0.3 is 0 Å². The molecule has 1 heterocycles. The number of benzene rings is 1. The zero-order valence-corrected chi connectivity index (χ0v) is 10.1. The molecule has 1 aromatic carbocycles. The van der Waals surface area contributed by atoms with E-state index in [4.69, 9.17) is 0 Å². The molecule has 0 nitrogen and oxygen atoms in total. The van der Waals surface area contributed by atoms with Gasteiger partial charge in [-0.15, -0.1) is 0 Å². The maximum atomic E-state index is 2.34. The van der Waals surface area contributed by atoms with Crippen LogP contribution in [0, 0.1) is 20.8 Å². The van der Waals surface area contributed by atoms with Crippen molar-refractivity contribution in [1.29, 1.82) is 0 Å². The Hall–Kier alpha value is -0.610. The molecule has 1 aromatic rings. The van der Waals surface area contributed by atoms with E-state index in [2.05, 4.69) is 45.1 Å². The van der Waals surface area contributed by atoms with Crippen LogP contribution in [0.5, 0.6) is 0 Å². The van der Waals surface area contributed by atoms with Crippen LogP contribution in [-0.2, 0) is 0 Å². The molecule has 14 heavy (non-hydrogen) atoms. The molecule has 1 aliphatic heterocycles. The number of rotatable bonds is 1. The highest BCUT2D eigenvalue weighted by Crippen LogP contribution is 2.40.